The van der Waals surface area contributed by atoms with Gasteiger partial charge in [-0.1, -0.05) is 0 Å². The second kappa shape index (κ2) is 5.25. The van der Waals surface area contributed by atoms with Crippen LogP contribution in [0.1, 0.15) is 32.2 Å². The third-order valence-electron chi connectivity index (χ3n) is 3.45. The molecule has 2 N–H and O–H groups in total. The largest absolute Gasteiger partial charge is 0.394 e. The highest BCUT2D eigenvalue weighted by Gasteiger charge is 2.23. The SMILES string of the molecule is CC(C(=O)N1CCCCC1)n1cccc(N)c1=O. The van der Waals surface area contributed by atoms with Crippen LogP contribution in [0, 0.1) is 0 Å². The fourth-order valence-electron chi connectivity index (χ4n) is 2.33. The molecule has 1 fully saturated rings. The number of likely N-dealkylation sites (tertiary alicyclic amines) is 1. The van der Waals surface area contributed by atoms with Crippen molar-refractivity contribution in [1.82, 2.24) is 9.47 Å². The van der Waals surface area contributed by atoms with Crippen LogP contribution in [-0.4, -0.2) is 28.5 Å². The van der Waals surface area contributed by atoms with Gasteiger partial charge in [0.1, 0.15) is 6.04 Å². The van der Waals surface area contributed by atoms with Gasteiger partial charge in [-0.2, -0.15) is 0 Å². The average molecular weight is 249 g/mol. The van der Waals surface area contributed by atoms with E-state index in [0.717, 1.165) is 25.9 Å². The second-order valence-electron chi connectivity index (χ2n) is 4.74. The number of rotatable bonds is 2. The molecule has 0 bridgehead atoms. The topological polar surface area (TPSA) is 68.3 Å². The molecule has 1 aromatic heterocycles. The van der Waals surface area contributed by atoms with E-state index in [4.69, 9.17) is 5.73 Å². The van der Waals surface area contributed by atoms with E-state index in [9.17, 15) is 9.59 Å². The molecule has 1 unspecified atom stereocenters. The molecule has 1 aromatic rings. The summed E-state index contributed by atoms with van der Waals surface area (Å²) in [7, 11) is 0. The van der Waals surface area contributed by atoms with Gasteiger partial charge in [0.2, 0.25) is 5.91 Å². The van der Waals surface area contributed by atoms with Gasteiger partial charge < -0.3 is 15.2 Å². The van der Waals surface area contributed by atoms with E-state index in [1.165, 1.54) is 11.0 Å². The van der Waals surface area contributed by atoms with Crippen molar-refractivity contribution in [3.8, 4) is 0 Å². The Morgan fingerprint density at radius 2 is 2.00 bits per heavy atom. The number of anilines is 1. The van der Waals surface area contributed by atoms with Gasteiger partial charge in [0.15, 0.2) is 0 Å². The number of nitrogens with zero attached hydrogens (tertiary/aromatic N) is 2. The fourth-order valence-corrected chi connectivity index (χ4v) is 2.33. The lowest BCUT2D eigenvalue weighted by Crippen LogP contribution is -2.41. The van der Waals surface area contributed by atoms with Gasteiger partial charge in [-0.25, -0.2) is 0 Å². The van der Waals surface area contributed by atoms with Gasteiger partial charge in [0.25, 0.3) is 5.56 Å². The molecule has 5 nitrogen and oxygen atoms in total. The highest BCUT2D eigenvalue weighted by molar-refractivity contribution is 5.80. The lowest BCUT2D eigenvalue weighted by atomic mass is 10.1. The standard InChI is InChI=1S/C13H19N3O2/c1-10(12(17)15-7-3-2-4-8-15)16-9-5-6-11(14)13(16)18/h5-6,9-10H,2-4,7-8,14H2,1H3. The molecular formula is C13H19N3O2. The molecule has 2 heterocycles. The Bertz CT molecular complexity index is 489. The Kier molecular flexibility index (Phi) is 3.69. The van der Waals surface area contributed by atoms with Crippen LogP contribution in [0.2, 0.25) is 0 Å². The molecule has 18 heavy (non-hydrogen) atoms. The zero-order valence-electron chi connectivity index (χ0n) is 10.6. The fraction of sp³-hybridized carbons (Fsp3) is 0.538. The summed E-state index contributed by atoms with van der Waals surface area (Å²) in [6.07, 6.45) is 4.89. The van der Waals surface area contributed by atoms with Crippen LogP contribution < -0.4 is 11.3 Å². The van der Waals surface area contributed by atoms with Crippen LogP contribution in [0.4, 0.5) is 5.69 Å². The molecule has 1 saturated heterocycles. The molecule has 1 aliphatic heterocycles. The highest BCUT2D eigenvalue weighted by atomic mass is 16.2. The quantitative estimate of drug-likeness (QED) is 0.850. The summed E-state index contributed by atoms with van der Waals surface area (Å²) >= 11 is 0. The van der Waals surface area contributed by atoms with Crippen LogP contribution in [0.15, 0.2) is 23.1 Å². The number of nitrogens with two attached hydrogens (primary N) is 1. The van der Waals surface area contributed by atoms with E-state index in [1.807, 2.05) is 4.90 Å². The molecule has 0 spiro atoms. The van der Waals surface area contributed by atoms with E-state index in [0.29, 0.717) is 0 Å². The van der Waals surface area contributed by atoms with Gasteiger partial charge in [0, 0.05) is 19.3 Å². The van der Waals surface area contributed by atoms with E-state index in [-0.39, 0.29) is 17.2 Å². The maximum Gasteiger partial charge on any atom is 0.274 e. The predicted molar refractivity (Wildman–Crippen MR) is 70.3 cm³/mol. The van der Waals surface area contributed by atoms with Crippen LogP contribution >= 0.6 is 0 Å². The Morgan fingerprint density at radius 1 is 1.33 bits per heavy atom. The monoisotopic (exact) mass is 249 g/mol. The number of nitrogen functional groups attached to an aromatic ring is 1. The van der Waals surface area contributed by atoms with Crippen molar-refractivity contribution in [3.63, 3.8) is 0 Å². The van der Waals surface area contributed by atoms with Crippen molar-refractivity contribution in [2.24, 2.45) is 0 Å². The van der Waals surface area contributed by atoms with Gasteiger partial charge in [0.05, 0.1) is 5.69 Å². The average Bonchev–Trinajstić information content (AvgIpc) is 2.41. The molecule has 1 aliphatic rings. The number of hydrogen-bond acceptors (Lipinski definition) is 3. The minimum Gasteiger partial charge on any atom is -0.394 e. The van der Waals surface area contributed by atoms with Crippen molar-refractivity contribution < 1.29 is 4.79 Å². The van der Waals surface area contributed by atoms with Crippen molar-refractivity contribution in [3.05, 3.63) is 28.7 Å². The normalized spacial score (nSPS) is 17.5. The second-order valence-corrected chi connectivity index (χ2v) is 4.74. The molecule has 1 atom stereocenters. The number of carbonyl (C=O) groups is 1. The van der Waals surface area contributed by atoms with Crippen LogP contribution in [0.25, 0.3) is 0 Å². The summed E-state index contributed by atoms with van der Waals surface area (Å²) in [5, 5.41) is 0. The lowest BCUT2D eigenvalue weighted by Gasteiger charge is -2.29. The minimum absolute atomic E-state index is 0.00222. The highest BCUT2D eigenvalue weighted by Crippen LogP contribution is 2.14. The number of piperidine rings is 1. The Hall–Kier alpha value is -1.78. The third kappa shape index (κ3) is 2.39. The van der Waals surface area contributed by atoms with Gasteiger partial charge in [-0.15, -0.1) is 0 Å². The summed E-state index contributed by atoms with van der Waals surface area (Å²) in [6.45, 7) is 3.33. The maximum atomic E-state index is 12.3. The number of pyridine rings is 1. The first-order chi connectivity index (χ1) is 8.61. The van der Waals surface area contributed by atoms with Crippen molar-refractivity contribution >= 4 is 11.6 Å². The zero-order chi connectivity index (χ0) is 13.1. The predicted octanol–water partition coefficient (Wildman–Crippen LogP) is 1.00. The summed E-state index contributed by atoms with van der Waals surface area (Å²) in [5.74, 6) is 0.00222. The maximum absolute atomic E-state index is 12.3. The van der Waals surface area contributed by atoms with Gasteiger partial charge >= 0.3 is 0 Å². The van der Waals surface area contributed by atoms with Gasteiger partial charge in [-0.3, -0.25) is 9.59 Å². The van der Waals surface area contributed by atoms with Crippen molar-refractivity contribution in [2.45, 2.75) is 32.2 Å². The van der Waals surface area contributed by atoms with Crippen molar-refractivity contribution in [2.75, 3.05) is 18.8 Å². The van der Waals surface area contributed by atoms with E-state index in [1.54, 1.807) is 25.3 Å². The summed E-state index contributed by atoms with van der Waals surface area (Å²) in [5.41, 5.74) is 5.46. The van der Waals surface area contributed by atoms with Crippen LogP contribution in [-0.2, 0) is 4.79 Å². The van der Waals surface area contributed by atoms with E-state index in [2.05, 4.69) is 0 Å². The summed E-state index contributed by atoms with van der Waals surface area (Å²) < 4.78 is 1.41. The van der Waals surface area contributed by atoms with Gasteiger partial charge in [-0.05, 0) is 38.3 Å². The molecule has 2 rings (SSSR count). The molecule has 1 amide bonds. The lowest BCUT2D eigenvalue weighted by molar-refractivity contribution is -0.135. The molecular weight excluding hydrogens is 230 g/mol. The van der Waals surface area contributed by atoms with Crippen LogP contribution in [0.3, 0.4) is 0 Å². The smallest absolute Gasteiger partial charge is 0.274 e. The zero-order valence-corrected chi connectivity index (χ0v) is 10.6. The minimum atomic E-state index is -0.487. The molecule has 5 heteroatoms. The van der Waals surface area contributed by atoms with Crippen molar-refractivity contribution in [1.29, 1.82) is 0 Å². The molecule has 0 aliphatic carbocycles. The Morgan fingerprint density at radius 3 is 2.67 bits per heavy atom. The molecule has 0 radical (unpaired) electrons. The number of amides is 1. The summed E-state index contributed by atoms with van der Waals surface area (Å²) in [6, 6.07) is 2.76. The number of hydrogen-bond donors (Lipinski definition) is 1. The molecule has 98 valence electrons. The van der Waals surface area contributed by atoms with E-state index >= 15 is 0 Å². The summed E-state index contributed by atoms with van der Waals surface area (Å²) in [4.78, 5) is 26.0. The van der Waals surface area contributed by atoms with E-state index < -0.39 is 6.04 Å². The number of aromatic nitrogens is 1. The first-order valence-corrected chi connectivity index (χ1v) is 6.36. The molecule has 0 aromatic carbocycles. The number of carbonyl (C=O) groups excluding carboxylic acids is 1. The first kappa shape index (κ1) is 12.7. The molecule has 0 saturated carbocycles. The Labute approximate surface area is 106 Å². The Balaban J connectivity index is 2.20. The third-order valence-corrected chi connectivity index (χ3v) is 3.45. The van der Waals surface area contributed by atoms with Crippen LogP contribution in [0.5, 0.6) is 0 Å². The first-order valence-electron chi connectivity index (χ1n) is 6.36.